The lowest BCUT2D eigenvalue weighted by atomic mass is 9.97. The van der Waals surface area contributed by atoms with Crippen LogP contribution in [0, 0.1) is 33.6 Å². The molecule has 5 rings (SSSR count). The Hall–Kier alpha value is -3.43. The minimum Gasteiger partial charge on any atom is -0.481 e. The fourth-order valence-electron chi connectivity index (χ4n) is 4.21. The zero-order valence-electron chi connectivity index (χ0n) is 20.1. The van der Waals surface area contributed by atoms with Crippen LogP contribution in [0.15, 0.2) is 34.8 Å². The second-order valence-electron chi connectivity index (χ2n) is 8.71. The molecule has 0 bridgehead atoms. The van der Waals surface area contributed by atoms with Gasteiger partial charge >= 0.3 is 5.97 Å². The third kappa shape index (κ3) is 4.04. The van der Waals surface area contributed by atoms with Crippen molar-refractivity contribution in [2.45, 2.75) is 40.7 Å². The quantitative estimate of drug-likeness (QED) is 0.371. The van der Waals surface area contributed by atoms with Gasteiger partial charge < -0.3 is 5.11 Å². The minimum atomic E-state index is -0.915. The zero-order valence-corrected chi connectivity index (χ0v) is 21.7. The first-order valence-corrected chi connectivity index (χ1v) is 13.0. The van der Waals surface area contributed by atoms with E-state index in [2.05, 4.69) is 65.4 Å². The second kappa shape index (κ2) is 8.98. The van der Waals surface area contributed by atoms with Crippen LogP contribution in [0.5, 0.6) is 0 Å². The number of aryl methyl sites for hydroxylation is 3. The molecule has 0 aliphatic carbocycles. The van der Waals surface area contributed by atoms with Crippen LogP contribution in [0.4, 0.5) is 0 Å². The van der Waals surface area contributed by atoms with Crippen LogP contribution in [0.2, 0.25) is 0 Å². The molecule has 1 N–H and O–H groups in total. The number of carbonyl (C=O) groups is 1. The summed E-state index contributed by atoms with van der Waals surface area (Å²) in [5.41, 5.74) is 7.82. The third-order valence-electron chi connectivity index (χ3n) is 6.45. The van der Waals surface area contributed by atoms with Crippen LogP contribution < -0.4 is 0 Å². The average molecular weight is 504 g/mol. The number of thiazole rings is 1. The van der Waals surface area contributed by atoms with Crippen LogP contribution in [0.3, 0.4) is 0 Å². The van der Waals surface area contributed by atoms with Crippen LogP contribution in [-0.2, 0) is 4.79 Å². The summed E-state index contributed by atoms with van der Waals surface area (Å²) in [5, 5.41) is 19.5. The summed E-state index contributed by atoms with van der Waals surface area (Å²) in [6.45, 7) is 9.76. The summed E-state index contributed by atoms with van der Waals surface area (Å²) in [6.07, 6.45) is 4.15. The molecule has 1 aliphatic rings. The highest BCUT2D eigenvalue weighted by molar-refractivity contribution is 7.15. The number of fused-ring (bicyclic) bond motifs is 3. The van der Waals surface area contributed by atoms with Gasteiger partial charge in [0.15, 0.2) is 5.82 Å². The molecule has 0 radical (unpaired) electrons. The highest BCUT2D eigenvalue weighted by Gasteiger charge is 2.36. The average Bonchev–Trinajstić information content (AvgIpc) is 3.48. The Labute approximate surface area is 211 Å². The first-order valence-electron chi connectivity index (χ1n) is 11.3. The summed E-state index contributed by atoms with van der Waals surface area (Å²) in [6, 6.07) is 7.57. The summed E-state index contributed by atoms with van der Waals surface area (Å²) < 4.78 is 1.98. The van der Waals surface area contributed by atoms with Gasteiger partial charge in [0.05, 0.1) is 22.8 Å². The lowest BCUT2D eigenvalue weighted by Crippen LogP contribution is -2.21. The maximum absolute atomic E-state index is 12.0. The van der Waals surface area contributed by atoms with Crippen molar-refractivity contribution < 1.29 is 9.90 Å². The summed E-state index contributed by atoms with van der Waals surface area (Å²) >= 11 is 3.28. The van der Waals surface area contributed by atoms with E-state index in [0.29, 0.717) is 5.82 Å². The van der Waals surface area contributed by atoms with Crippen LogP contribution in [0.1, 0.15) is 62.3 Å². The summed E-state index contributed by atoms with van der Waals surface area (Å²) in [7, 11) is 0. The van der Waals surface area contributed by atoms with Crippen LogP contribution in [-0.4, -0.2) is 36.5 Å². The largest absolute Gasteiger partial charge is 0.481 e. The van der Waals surface area contributed by atoms with E-state index in [0.717, 1.165) is 49.4 Å². The fourth-order valence-corrected chi connectivity index (χ4v) is 6.12. The van der Waals surface area contributed by atoms with Crippen molar-refractivity contribution in [1.82, 2.24) is 19.7 Å². The molecule has 4 aromatic rings. The Balaban J connectivity index is 1.64. The first kappa shape index (κ1) is 23.3. The molecular formula is C26H25N5O2S2. The van der Waals surface area contributed by atoms with Crippen molar-refractivity contribution in [2.24, 2.45) is 10.9 Å². The number of carboxylic acid groups (broad SMARTS) is 1. The van der Waals surface area contributed by atoms with Crippen LogP contribution >= 0.6 is 22.7 Å². The highest BCUT2D eigenvalue weighted by atomic mass is 32.1. The maximum Gasteiger partial charge on any atom is 0.308 e. The number of aliphatic carboxylic acids is 1. The molecule has 178 valence electrons. The van der Waals surface area contributed by atoms with E-state index < -0.39 is 17.9 Å². The molecule has 2 atom stereocenters. The van der Waals surface area contributed by atoms with Gasteiger partial charge in [-0.25, -0.2) is 4.98 Å². The predicted molar refractivity (Wildman–Crippen MR) is 141 cm³/mol. The number of benzene rings is 1. The maximum atomic E-state index is 12.0. The van der Waals surface area contributed by atoms with Gasteiger partial charge in [-0.1, -0.05) is 30.3 Å². The molecule has 3 aromatic heterocycles. The number of hydrogen-bond donors (Lipinski definition) is 1. The molecular weight excluding hydrogens is 478 g/mol. The van der Waals surface area contributed by atoms with Crippen LogP contribution in [0.25, 0.3) is 17.2 Å². The normalized spacial score (nSPS) is 16.0. The van der Waals surface area contributed by atoms with Crippen molar-refractivity contribution in [1.29, 1.82) is 0 Å². The summed E-state index contributed by atoms with van der Waals surface area (Å²) in [4.78, 5) is 23.7. The van der Waals surface area contributed by atoms with E-state index in [1.807, 2.05) is 23.9 Å². The van der Waals surface area contributed by atoms with E-state index in [4.69, 9.17) is 4.99 Å². The molecule has 0 saturated carbocycles. The minimum absolute atomic E-state index is 0.564. The SMILES string of the molecule is Cc1ncsc1C=Cc1ccc(C2=NC([C@H](C)C(=O)O)c3nnc(C)n3-c3sc(C)c(C)c32)cc1. The van der Waals surface area contributed by atoms with Gasteiger partial charge in [-0.2, -0.15) is 0 Å². The van der Waals surface area contributed by atoms with Crippen molar-refractivity contribution in [3.05, 3.63) is 79.1 Å². The molecule has 0 spiro atoms. The third-order valence-corrected chi connectivity index (χ3v) is 8.53. The number of thiophene rings is 1. The van der Waals surface area contributed by atoms with E-state index in [1.165, 1.54) is 4.88 Å². The van der Waals surface area contributed by atoms with Crippen molar-refractivity contribution in [2.75, 3.05) is 0 Å². The molecule has 4 heterocycles. The number of aliphatic imine (C=N–C) groups is 1. The van der Waals surface area contributed by atoms with Gasteiger partial charge in [0.1, 0.15) is 16.9 Å². The van der Waals surface area contributed by atoms with Crippen molar-refractivity contribution in [3.8, 4) is 5.00 Å². The molecule has 35 heavy (non-hydrogen) atoms. The van der Waals surface area contributed by atoms with Crippen molar-refractivity contribution in [3.63, 3.8) is 0 Å². The summed E-state index contributed by atoms with van der Waals surface area (Å²) in [5.74, 6) is -0.385. The van der Waals surface area contributed by atoms with Gasteiger partial charge in [0, 0.05) is 20.9 Å². The highest BCUT2D eigenvalue weighted by Crippen LogP contribution is 2.40. The van der Waals surface area contributed by atoms with Crippen molar-refractivity contribution >= 4 is 46.5 Å². The lowest BCUT2D eigenvalue weighted by Gasteiger charge is -2.16. The van der Waals surface area contributed by atoms with E-state index >= 15 is 0 Å². The van der Waals surface area contributed by atoms with Gasteiger partial charge in [0.2, 0.25) is 0 Å². The Bertz CT molecular complexity index is 1490. The number of rotatable bonds is 5. The molecule has 7 nitrogen and oxygen atoms in total. The Morgan fingerprint density at radius 1 is 1.11 bits per heavy atom. The van der Waals surface area contributed by atoms with Gasteiger partial charge in [-0.05, 0) is 51.8 Å². The molecule has 0 amide bonds. The molecule has 0 saturated heterocycles. The Kier molecular flexibility index (Phi) is 5.98. The fraction of sp³-hybridized carbons (Fsp3) is 0.269. The standard InChI is InChI=1S/C26H25N5O2S2/c1-13-16(4)35-25-21(13)23(28-22(14(2)26(32)33)24-30-29-17(5)31(24)25)19-9-6-18(7-10-19)8-11-20-15(3)27-12-34-20/h6-12,14,22H,1-5H3,(H,32,33)/t14-,22?/m0/s1. The van der Waals surface area contributed by atoms with E-state index in [9.17, 15) is 9.90 Å². The number of nitrogens with zero attached hydrogens (tertiary/aromatic N) is 5. The topological polar surface area (TPSA) is 93.3 Å². The molecule has 1 aliphatic heterocycles. The Morgan fingerprint density at radius 3 is 2.51 bits per heavy atom. The second-order valence-corrected chi connectivity index (χ2v) is 10.8. The molecule has 1 aromatic carbocycles. The predicted octanol–water partition coefficient (Wildman–Crippen LogP) is 5.80. The van der Waals surface area contributed by atoms with Gasteiger partial charge in [-0.3, -0.25) is 14.4 Å². The van der Waals surface area contributed by atoms with Gasteiger partial charge in [-0.15, -0.1) is 32.9 Å². The number of aromatic nitrogens is 4. The van der Waals surface area contributed by atoms with E-state index in [-0.39, 0.29) is 0 Å². The Morgan fingerprint density at radius 2 is 1.86 bits per heavy atom. The number of hydrogen-bond acceptors (Lipinski definition) is 7. The molecule has 0 fully saturated rings. The monoisotopic (exact) mass is 503 g/mol. The number of carboxylic acids is 1. The first-order chi connectivity index (χ1) is 16.8. The zero-order chi connectivity index (χ0) is 24.9. The van der Waals surface area contributed by atoms with E-state index in [1.54, 1.807) is 29.6 Å². The molecule has 1 unspecified atom stereocenters. The molecule has 9 heteroatoms. The van der Waals surface area contributed by atoms with Gasteiger partial charge in [0.25, 0.3) is 0 Å². The smallest absolute Gasteiger partial charge is 0.308 e. The lowest BCUT2D eigenvalue weighted by molar-refractivity contribution is -0.141.